The van der Waals surface area contributed by atoms with E-state index in [4.69, 9.17) is 9.47 Å². The molecule has 0 spiro atoms. The van der Waals surface area contributed by atoms with Crippen molar-refractivity contribution in [3.63, 3.8) is 0 Å². The average molecular weight is 703 g/mol. The summed E-state index contributed by atoms with van der Waals surface area (Å²) in [6, 6.07) is 18.1. The number of nitrogens with one attached hydrogen (secondary N) is 3. The molecule has 1 aliphatic heterocycles. The number of amides is 3. The van der Waals surface area contributed by atoms with Crippen molar-refractivity contribution in [3.05, 3.63) is 78.1 Å². The molecule has 1 unspecified atom stereocenters. The Bertz CT molecular complexity index is 1990. The molecular weight excluding hydrogens is 657 g/mol. The van der Waals surface area contributed by atoms with Crippen LogP contribution in [0.25, 0.3) is 10.8 Å². The maximum Gasteiger partial charge on any atom is 0.323 e. The van der Waals surface area contributed by atoms with Crippen LogP contribution in [0.3, 0.4) is 0 Å². The lowest BCUT2D eigenvalue weighted by molar-refractivity contribution is -0.133. The normalized spacial score (nSPS) is 15.4. The van der Waals surface area contributed by atoms with Gasteiger partial charge in [-0.3, -0.25) is 19.4 Å². The maximum atomic E-state index is 13.4. The molecule has 4 aromatic rings. The molecular formula is C37H46N6O6S. The van der Waals surface area contributed by atoms with Crippen LogP contribution in [-0.4, -0.2) is 74.2 Å². The lowest BCUT2D eigenvalue weighted by atomic mass is 9.86. The lowest BCUT2D eigenvalue weighted by Crippen LogP contribution is -2.54. The van der Waals surface area contributed by atoms with E-state index >= 15 is 0 Å². The van der Waals surface area contributed by atoms with E-state index in [2.05, 4.69) is 32.2 Å². The molecule has 266 valence electrons. The third-order valence-corrected chi connectivity index (χ3v) is 9.27. The third kappa shape index (κ3) is 8.82. The number of ether oxygens (including phenoxy) is 2. The molecule has 1 atom stereocenters. The summed E-state index contributed by atoms with van der Waals surface area (Å²) in [6.07, 6.45) is 3.69. The Morgan fingerprint density at radius 2 is 1.66 bits per heavy atom. The molecule has 1 aliphatic rings. The highest BCUT2D eigenvalue weighted by Crippen LogP contribution is 2.40. The van der Waals surface area contributed by atoms with Gasteiger partial charge >= 0.3 is 6.03 Å². The lowest BCUT2D eigenvalue weighted by Gasteiger charge is -2.40. The maximum absolute atomic E-state index is 13.4. The fraction of sp³-hybridized carbons (Fsp3) is 0.378. The van der Waals surface area contributed by atoms with Gasteiger partial charge in [0.25, 0.3) is 0 Å². The summed E-state index contributed by atoms with van der Waals surface area (Å²) in [5.41, 5.74) is 2.41. The number of hydrogen-bond acceptors (Lipinski definition) is 8. The Hall–Kier alpha value is -4.88. The monoisotopic (exact) mass is 702 g/mol. The second-order valence-electron chi connectivity index (χ2n) is 13.6. The third-order valence-electron chi connectivity index (χ3n) is 8.68. The summed E-state index contributed by atoms with van der Waals surface area (Å²) in [5, 5.41) is 7.34. The predicted molar refractivity (Wildman–Crippen MR) is 198 cm³/mol. The van der Waals surface area contributed by atoms with Gasteiger partial charge in [-0.25, -0.2) is 13.2 Å². The van der Waals surface area contributed by atoms with Crippen LogP contribution in [0.2, 0.25) is 0 Å². The largest absolute Gasteiger partial charge is 0.492 e. The number of carbonyl (C=O) groups is 2. The average Bonchev–Trinajstić information content (AvgIpc) is 3.04. The molecule has 0 aliphatic carbocycles. The number of fused-ring (bicyclic) bond motifs is 1. The molecule has 3 N–H and O–H groups in total. The van der Waals surface area contributed by atoms with Gasteiger partial charge in [-0.1, -0.05) is 52.0 Å². The fourth-order valence-electron chi connectivity index (χ4n) is 6.18. The SMILES string of the molecule is CCC1CN(Cc2cc(Oc3ccc(NC(=O)Nc4cc(C(C)(C)C)cc(NS(C)(=O)=O)c4OC)c4ccccc34)ccn2)CCN1C(C)=O. The molecule has 5 rings (SSSR count). The second-order valence-corrected chi connectivity index (χ2v) is 15.3. The van der Waals surface area contributed by atoms with Crippen molar-refractivity contribution >= 4 is 49.8 Å². The number of methoxy groups -OCH3 is 1. The Morgan fingerprint density at radius 3 is 2.32 bits per heavy atom. The molecule has 3 aromatic carbocycles. The molecule has 0 bridgehead atoms. The number of piperazine rings is 1. The van der Waals surface area contributed by atoms with E-state index in [1.54, 1.807) is 37.4 Å². The van der Waals surface area contributed by atoms with Crippen LogP contribution >= 0.6 is 0 Å². The van der Waals surface area contributed by atoms with Gasteiger partial charge in [0.2, 0.25) is 15.9 Å². The van der Waals surface area contributed by atoms with Crippen LogP contribution in [0.5, 0.6) is 17.2 Å². The van der Waals surface area contributed by atoms with E-state index in [-0.39, 0.29) is 28.8 Å². The van der Waals surface area contributed by atoms with Crippen molar-refractivity contribution in [2.24, 2.45) is 0 Å². The summed E-state index contributed by atoms with van der Waals surface area (Å²) in [5.74, 6) is 1.55. The van der Waals surface area contributed by atoms with Crippen molar-refractivity contribution in [1.29, 1.82) is 0 Å². The summed E-state index contributed by atoms with van der Waals surface area (Å²) in [4.78, 5) is 34.3. The molecule has 1 saturated heterocycles. The number of pyridine rings is 1. The second kappa shape index (κ2) is 14.9. The first kappa shape index (κ1) is 36.4. The number of nitrogens with zero attached hydrogens (tertiary/aromatic N) is 3. The number of benzene rings is 3. The molecule has 2 heterocycles. The summed E-state index contributed by atoms with van der Waals surface area (Å²) in [6.45, 7) is 12.6. The van der Waals surface area contributed by atoms with Gasteiger partial charge in [0.15, 0.2) is 5.75 Å². The Kier molecular flexibility index (Phi) is 10.9. The summed E-state index contributed by atoms with van der Waals surface area (Å²) < 4.78 is 38.7. The Morgan fingerprint density at radius 1 is 0.960 bits per heavy atom. The number of rotatable bonds is 10. The molecule has 50 heavy (non-hydrogen) atoms. The molecule has 0 saturated carbocycles. The minimum atomic E-state index is -3.62. The van der Waals surface area contributed by atoms with E-state index in [1.165, 1.54) is 7.11 Å². The van der Waals surface area contributed by atoms with E-state index in [0.29, 0.717) is 36.0 Å². The van der Waals surface area contributed by atoms with Gasteiger partial charge in [0, 0.05) is 62.2 Å². The first-order valence-electron chi connectivity index (χ1n) is 16.6. The summed E-state index contributed by atoms with van der Waals surface area (Å²) in [7, 11) is -2.21. The van der Waals surface area contributed by atoms with E-state index in [0.717, 1.165) is 47.8 Å². The van der Waals surface area contributed by atoms with Crippen molar-refractivity contribution in [2.45, 2.75) is 59.0 Å². The van der Waals surface area contributed by atoms with E-state index in [9.17, 15) is 18.0 Å². The van der Waals surface area contributed by atoms with Crippen LogP contribution in [0.15, 0.2) is 66.9 Å². The van der Waals surface area contributed by atoms with Gasteiger partial charge in [-0.2, -0.15) is 0 Å². The number of carbonyl (C=O) groups excluding carboxylic acids is 2. The van der Waals surface area contributed by atoms with Gasteiger partial charge in [0.05, 0.1) is 36.1 Å². The smallest absolute Gasteiger partial charge is 0.323 e. The molecule has 0 radical (unpaired) electrons. The number of urea groups is 1. The number of sulfonamides is 1. The molecule has 3 amide bonds. The highest BCUT2D eigenvalue weighted by Gasteiger charge is 2.28. The van der Waals surface area contributed by atoms with Gasteiger partial charge in [0.1, 0.15) is 11.5 Å². The quantitative estimate of drug-likeness (QED) is 0.164. The molecule has 1 fully saturated rings. The zero-order valence-corrected chi connectivity index (χ0v) is 30.5. The van der Waals surface area contributed by atoms with E-state index < -0.39 is 16.1 Å². The molecule has 1 aromatic heterocycles. The van der Waals surface area contributed by atoms with Gasteiger partial charge in [-0.15, -0.1) is 0 Å². The first-order chi connectivity index (χ1) is 23.6. The van der Waals surface area contributed by atoms with Gasteiger partial charge < -0.3 is 25.0 Å². The van der Waals surface area contributed by atoms with Crippen molar-refractivity contribution < 1.29 is 27.5 Å². The van der Waals surface area contributed by atoms with E-state index in [1.807, 2.05) is 62.1 Å². The van der Waals surface area contributed by atoms with Crippen molar-refractivity contribution in [2.75, 3.05) is 48.4 Å². The highest BCUT2D eigenvalue weighted by molar-refractivity contribution is 7.92. The zero-order chi connectivity index (χ0) is 36.2. The van der Waals surface area contributed by atoms with Gasteiger partial charge in [-0.05, 0) is 47.7 Å². The fourth-order valence-corrected chi connectivity index (χ4v) is 6.74. The van der Waals surface area contributed by atoms with Crippen LogP contribution in [0.4, 0.5) is 21.9 Å². The highest BCUT2D eigenvalue weighted by atomic mass is 32.2. The first-order valence-corrected chi connectivity index (χ1v) is 18.5. The number of anilines is 3. The van der Waals surface area contributed by atoms with Crippen molar-refractivity contribution in [1.82, 2.24) is 14.8 Å². The predicted octanol–water partition coefficient (Wildman–Crippen LogP) is 6.79. The number of aromatic nitrogens is 1. The van der Waals surface area contributed by atoms with Crippen molar-refractivity contribution in [3.8, 4) is 17.2 Å². The number of hydrogen-bond donors (Lipinski definition) is 3. The molecule has 12 nitrogen and oxygen atoms in total. The minimum Gasteiger partial charge on any atom is -0.492 e. The standard InChI is InChI=1S/C37H46N6O6S/c1-8-27-23-42(17-18-43(27)24(2)44)22-26-21-28(15-16-38-26)49-34-14-13-31(29-11-9-10-12-30(29)34)39-36(45)40-32-19-25(37(3,4)5)20-33(35(32)48-6)41-50(7,46)47/h9-16,19-21,27,41H,8,17-18,22-23H2,1-7H3,(H2,39,40,45). The van der Waals surface area contributed by atoms with Crippen LogP contribution in [-0.2, 0) is 26.8 Å². The van der Waals surface area contributed by atoms with Crippen LogP contribution in [0, 0.1) is 0 Å². The van der Waals surface area contributed by atoms with Crippen LogP contribution in [0.1, 0.15) is 52.3 Å². The van der Waals surface area contributed by atoms with Crippen LogP contribution < -0.4 is 24.8 Å². The minimum absolute atomic E-state index is 0.114. The Labute approximate surface area is 294 Å². The summed E-state index contributed by atoms with van der Waals surface area (Å²) >= 11 is 0. The Balaban J connectivity index is 1.35. The topological polar surface area (TPSA) is 142 Å². The zero-order valence-electron chi connectivity index (χ0n) is 29.7. The molecule has 13 heteroatoms.